The fourth-order valence-corrected chi connectivity index (χ4v) is 4.75. The topological polar surface area (TPSA) is 67.8 Å². The molecule has 0 spiro atoms. The van der Waals surface area contributed by atoms with E-state index in [0.29, 0.717) is 11.5 Å². The highest BCUT2D eigenvalue weighted by Gasteiger charge is 2.25. The van der Waals surface area contributed by atoms with Gasteiger partial charge in [-0.3, -0.25) is 0 Å². The number of hydrogen-bond donors (Lipinski definition) is 0. The molecule has 1 aromatic carbocycles. The molecule has 1 aliphatic rings. The van der Waals surface area contributed by atoms with Gasteiger partial charge in [0.15, 0.2) is 11.6 Å². The van der Waals surface area contributed by atoms with E-state index >= 15 is 0 Å². The molecule has 0 saturated carbocycles. The molecule has 7 nitrogen and oxygen atoms in total. The van der Waals surface area contributed by atoms with E-state index < -0.39 is 0 Å². The van der Waals surface area contributed by atoms with E-state index in [9.17, 15) is 9.18 Å². The monoisotopic (exact) mass is 430 g/mol. The van der Waals surface area contributed by atoms with Crippen LogP contribution < -0.4 is 14.5 Å². The smallest absolute Gasteiger partial charge is 0.348 e. The number of hydrogen-bond acceptors (Lipinski definition) is 8. The zero-order valence-corrected chi connectivity index (χ0v) is 18.0. The van der Waals surface area contributed by atoms with Crippen molar-refractivity contribution in [2.24, 2.45) is 0 Å². The average Bonchev–Trinajstić information content (AvgIpc) is 3.11. The molecule has 158 valence electrons. The molecule has 1 fully saturated rings. The van der Waals surface area contributed by atoms with Gasteiger partial charge in [0.05, 0.1) is 19.1 Å². The minimum absolute atomic E-state index is 0.242. The van der Waals surface area contributed by atoms with Gasteiger partial charge in [-0.2, -0.15) is 0 Å². The first-order chi connectivity index (χ1) is 14.5. The summed E-state index contributed by atoms with van der Waals surface area (Å²) in [4.78, 5) is 26.8. The summed E-state index contributed by atoms with van der Waals surface area (Å²) < 4.78 is 24.2. The Labute approximate surface area is 178 Å². The van der Waals surface area contributed by atoms with Crippen LogP contribution in [0.5, 0.6) is 5.75 Å². The summed E-state index contributed by atoms with van der Waals surface area (Å²) in [6, 6.07) is 5.03. The van der Waals surface area contributed by atoms with E-state index in [1.54, 1.807) is 13.0 Å². The lowest BCUT2D eigenvalue weighted by Gasteiger charge is -2.37. The van der Waals surface area contributed by atoms with E-state index in [-0.39, 0.29) is 17.5 Å². The summed E-state index contributed by atoms with van der Waals surface area (Å²) >= 11 is 1.34. The Balaban J connectivity index is 1.56. The molecule has 1 saturated heterocycles. The van der Waals surface area contributed by atoms with Gasteiger partial charge in [0.1, 0.15) is 21.9 Å². The van der Waals surface area contributed by atoms with Crippen LogP contribution in [0, 0.1) is 12.7 Å². The minimum Gasteiger partial charge on any atom is -0.494 e. The Hall–Kier alpha value is -2.94. The van der Waals surface area contributed by atoms with Gasteiger partial charge < -0.3 is 19.3 Å². The Morgan fingerprint density at radius 2 is 1.93 bits per heavy atom. The molecule has 0 N–H and O–H groups in total. The van der Waals surface area contributed by atoms with E-state index in [0.717, 1.165) is 53.5 Å². The zero-order chi connectivity index (χ0) is 21.3. The van der Waals surface area contributed by atoms with Crippen molar-refractivity contribution >= 4 is 39.0 Å². The predicted molar refractivity (Wildman–Crippen MR) is 115 cm³/mol. The lowest BCUT2D eigenvalue weighted by Crippen LogP contribution is -2.47. The number of piperazine rings is 1. The second-order valence-corrected chi connectivity index (χ2v) is 7.95. The van der Waals surface area contributed by atoms with Gasteiger partial charge in [0.2, 0.25) is 0 Å². The number of benzene rings is 1. The first-order valence-corrected chi connectivity index (χ1v) is 10.6. The van der Waals surface area contributed by atoms with Gasteiger partial charge >= 0.3 is 5.97 Å². The van der Waals surface area contributed by atoms with Crippen molar-refractivity contribution in [3.63, 3.8) is 0 Å². The second kappa shape index (κ2) is 8.43. The first kappa shape index (κ1) is 20.3. The van der Waals surface area contributed by atoms with Crippen molar-refractivity contribution in [3.05, 3.63) is 40.8 Å². The highest BCUT2D eigenvalue weighted by atomic mass is 32.1. The molecule has 0 atom stereocenters. The quantitative estimate of drug-likeness (QED) is 0.573. The number of anilines is 2. The number of ether oxygens (including phenoxy) is 2. The normalized spacial score (nSPS) is 14.3. The van der Waals surface area contributed by atoms with Gasteiger partial charge in [-0.1, -0.05) is 0 Å². The molecule has 3 aromatic rings. The number of carbonyl (C=O) groups excluding carboxylic acids is 1. The van der Waals surface area contributed by atoms with Crippen molar-refractivity contribution in [2.45, 2.75) is 13.8 Å². The molecule has 3 heterocycles. The SMILES string of the molecule is CCOC(=O)c1sc2ncnc(N3CCN(c4ccc(OC)c(F)c4)CC3)c2c1C. The number of halogens is 1. The van der Waals surface area contributed by atoms with Crippen LogP contribution in [-0.4, -0.2) is 55.8 Å². The average molecular weight is 431 g/mol. The number of fused-ring (bicyclic) bond motifs is 1. The van der Waals surface area contributed by atoms with Crippen LogP contribution >= 0.6 is 11.3 Å². The second-order valence-electron chi connectivity index (χ2n) is 6.95. The molecule has 4 rings (SSSR count). The zero-order valence-electron chi connectivity index (χ0n) is 17.1. The fraction of sp³-hybridized carbons (Fsp3) is 0.381. The molecular weight excluding hydrogens is 407 g/mol. The number of aryl methyl sites for hydroxylation is 1. The van der Waals surface area contributed by atoms with Crippen LogP contribution in [-0.2, 0) is 4.74 Å². The van der Waals surface area contributed by atoms with Gasteiger partial charge in [-0.15, -0.1) is 11.3 Å². The van der Waals surface area contributed by atoms with Crippen molar-refractivity contribution in [1.29, 1.82) is 0 Å². The lowest BCUT2D eigenvalue weighted by molar-refractivity contribution is 0.0531. The lowest BCUT2D eigenvalue weighted by atomic mass is 10.1. The van der Waals surface area contributed by atoms with Crippen molar-refractivity contribution in [1.82, 2.24) is 9.97 Å². The Bertz CT molecular complexity index is 1080. The van der Waals surface area contributed by atoms with E-state index in [2.05, 4.69) is 19.8 Å². The summed E-state index contributed by atoms with van der Waals surface area (Å²) in [5, 5.41) is 0.898. The molecule has 0 unspecified atom stereocenters. The number of thiophene rings is 1. The molecule has 9 heteroatoms. The van der Waals surface area contributed by atoms with Crippen LogP contribution in [0.2, 0.25) is 0 Å². The van der Waals surface area contributed by atoms with Gasteiger partial charge in [-0.25, -0.2) is 19.2 Å². The summed E-state index contributed by atoms with van der Waals surface area (Å²) in [5.41, 5.74) is 1.68. The van der Waals surface area contributed by atoms with Crippen LogP contribution in [0.1, 0.15) is 22.2 Å². The van der Waals surface area contributed by atoms with Gasteiger partial charge in [0.25, 0.3) is 0 Å². The van der Waals surface area contributed by atoms with Crippen molar-refractivity contribution < 1.29 is 18.7 Å². The molecule has 0 aliphatic carbocycles. The highest BCUT2D eigenvalue weighted by molar-refractivity contribution is 7.20. The molecule has 1 aliphatic heterocycles. The number of esters is 1. The highest BCUT2D eigenvalue weighted by Crippen LogP contribution is 2.36. The molecular formula is C21H23FN4O3S. The molecule has 0 bridgehead atoms. The molecule has 0 amide bonds. The molecule has 30 heavy (non-hydrogen) atoms. The first-order valence-electron chi connectivity index (χ1n) is 9.78. The fourth-order valence-electron chi connectivity index (χ4n) is 3.71. The number of nitrogens with zero attached hydrogens (tertiary/aromatic N) is 4. The van der Waals surface area contributed by atoms with Crippen LogP contribution in [0.4, 0.5) is 15.9 Å². The standard InChI is InChI=1S/C21H23FN4O3S/c1-4-29-21(27)18-13(2)17-19(23-12-24-20(17)30-18)26-9-7-25(8-10-26)14-5-6-16(28-3)15(22)11-14/h5-6,11-12H,4,7-10H2,1-3H3. The third kappa shape index (κ3) is 3.65. The minimum atomic E-state index is -0.365. The third-order valence-electron chi connectivity index (χ3n) is 5.25. The number of rotatable bonds is 5. The van der Waals surface area contributed by atoms with Crippen LogP contribution in [0.15, 0.2) is 24.5 Å². The van der Waals surface area contributed by atoms with Gasteiger partial charge in [0, 0.05) is 37.9 Å². The Kier molecular flexibility index (Phi) is 5.72. The van der Waals surface area contributed by atoms with Crippen molar-refractivity contribution in [2.75, 3.05) is 49.7 Å². The maximum absolute atomic E-state index is 14.1. The summed E-state index contributed by atoms with van der Waals surface area (Å²) in [6.07, 6.45) is 1.54. The Morgan fingerprint density at radius 3 is 2.60 bits per heavy atom. The largest absolute Gasteiger partial charge is 0.494 e. The van der Waals surface area contributed by atoms with E-state index in [1.165, 1.54) is 30.8 Å². The summed E-state index contributed by atoms with van der Waals surface area (Å²) in [5.74, 6) is 0.376. The predicted octanol–water partition coefficient (Wildman–Crippen LogP) is 3.65. The summed E-state index contributed by atoms with van der Waals surface area (Å²) in [6.45, 7) is 6.94. The van der Waals surface area contributed by atoms with Crippen LogP contribution in [0.3, 0.4) is 0 Å². The van der Waals surface area contributed by atoms with E-state index in [1.807, 2.05) is 13.0 Å². The number of methoxy groups -OCH3 is 1. The van der Waals surface area contributed by atoms with Crippen molar-refractivity contribution in [3.8, 4) is 5.75 Å². The Morgan fingerprint density at radius 1 is 1.20 bits per heavy atom. The van der Waals surface area contributed by atoms with Gasteiger partial charge in [-0.05, 0) is 31.5 Å². The third-order valence-corrected chi connectivity index (χ3v) is 6.43. The molecule has 2 aromatic heterocycles. The number of aromatic nitrogens is 2. The summed E-state index contributed by atoms with van der Waals surface area (Å²) in [7, 11) is 1.46. The maximum atomic E-state index is 14.1. The number of carbonyl (C=O) groups is 1. The van der Waals surface area contributed by atoms with Crippen LogP contribution in [0.25, 0.3) is 10.2 Å². The molecule has 0 radical (unpaired) electrons. The van der Waals surface area contributed by atoms with E-state index in [4.69, 9.17) is 9.47 Å². The maximum Gasteiger partial charge on any atom is 0.348 e.